The topological polar surface area (TPSA) is 63.9 Å². The number of carbonyl (C=O) groups is 1. The van der Waals surface area contributed by atoms with E-state index in [0.29, 0.717) is 19.6 Å². The van der Waals surface area contributed by atoms with E-state index in [1.807, 2.05) is 35.2 Å². The van der Waals surface area contributed by atoms with Crippen LogP contribution in [0, 0.1) is 0 Å². The maximum absolute atomic E-state index is 12.2. The highest BCUT2D eigenvalue weighted by atomic mass is 16.5. The molecule has 0 saturated carbocycles. The van der Waals surface area contributed by atoms with Gasteiger partial charge in [0.1, 0.15) is 6.10 Å². The lowest BCUT2D eigenvalue weighted by Gasteiger charge is -2.32. The van der Waals surface area contributed by atoms with Gasteiger partial charge in [0.05, 0.1) is 19.6 Å². The first-order valence-electron chi connectivity index (χ1n) is 8.10. The molecule has 2 heterocycles. The van der Waals surface area contributed by atoms with E-state index in [9.17, 15) is 4.79 Å². The van der Waals surface area contributed by atoms with Crippen LogP contribution in [0.25, 0.3) is 0 Å². The maximum atomic E-state index is 12.2. The zero-order valence-electron chi connectivity index (χ0n) is 13.7. The summed E-state index contributed by atoms with van der Waals surface area (Å²) in [5, 5.41) is 2.90. The molecule has 0 bridgehead atoms. The van der Waals surface area contributed by atoms with E-state index in [4.69, 9.17) is 13.9 Å². The van der Waals surface area contributed by atoms with Crippen LogP contribution >= 0.6 is 0 Å². The first kappa shape index (κ1) is 16.2. The van der Waals surface area contributed by atoms with Crippen LogP contribution in [0.3, 0.4) is 0 Å². The molecule has 0 atom stereocenters. The summed E-state index contributed by atoms with van der Waals surface area (Å²) in [7, 11) is 1.63. The van der Waals surface area contributed by atoms with Crippen LogP contribution in [0.5, 0.6) is 11.5 Å². The second-order valence-electron chi connectivity index (χ2n) is 5.75. The molecule has 2 amide bonds. The lowest BCUT2D eigenvalue weighted by Crippen LogP contribution is -2.46. The number of carbonyl (C=O) groups excluding carboxylic acids is 1. The average Bonchev–Trinajstić information content (AvgIpc) is 3.14. The molecule has 0 aliphatic carbocycles. The number of benzene rings is 1. The van der Waals surface area contributed by atoms with E-state index < -0.39 is 0 Å². The Morgan fingerprint density at radius 2 is 2.00 bits per heavy atom. The number of piperidine rings is 1. The molecule has 0 unspecified atom stereocenters. The quantitative estimate of drug-likeness (QED) is 0.915. The molecule has 0 spiro atoms. The van der Waals surface area contributed by atoms with Crippen molar-refractivity contribution in [3.8, 4) is 11.5 Å². The van der Waals surface area contributed by atoms with E-state index in [-0.39, 0.29) is 12.1 Å². The molecule has 3 rings (SSSR count). The molecule has 1 fully saturated rings. The number of rotatable bonds is 5. The monoisotopic (exact) mass is 330 g/mol. The van der Waals surface area contributed by atoms with Gasteiger partial charge in [-0.25, -0.2) is 4.79 Å². The normalized spacial score (nSPS) is 15.1. The van der Waals surface area contributed by atoms with Gasteiger partial charge in [-0.2, -0.15) is 0 Å². The van der Waals surface area contributed by atoms with Crippen molar-refractivity contribution in [2.75, 3.05) is 20.2 Å². The Labute approximate surface area is 141 Å². The Kier molecular flexibility index (Phi) is 5.25. The number of furan rings is 1. The van der Waals surface area contributed by atoms with Crippen molar-refractivity contribution < 1.29 is 18.7 Å². The maximum Gasteiger partial charge on any atom is 0.317 e. The molecule has 1 aromatic heterocycles. The third kappa shape index (κ3) is 4.01. The summed E-state index contributed by atoms with van der Waals surface area (Å²) >= 11 is 0. The minimum absolute atomic E-state index is 0.0491. The van der Waals surface area contributed by atoms with Crippen LogP contribution in [0.15, 0.2) is 47.3 Å². The Bertz CT molecular complexity index is 649. The van der Waals surface area contributed by atoms with Gasteiger partial charge < -0.3 is 24.1 Å². The predicted molar refractivity (Wildman–Crippen MR) is 89.2 cm³/mol. The highest BCUT2D eigenvalue weighted by Crippen LogP contribution is 2.28. The van der Waals surface area contributed by atoms with Crippen molar-refractivity contribution >= 4 is 6.03 Å². The van der Waals surface area contributed by atoms with Crippen molar-refractivity contribution in [2.24, 2.45) is 0 Å². The smallest absolute Gasteiger partial charge is 0.317 e. The summed E-state index contributed by atoms with van der Waals surface area (Å²) < 4.78 is 16.3. The molecule has 1 aliphatic heterocycles. The standard InChI is InChI=1S/C18H22N2O4/c1-22-16-4-2-3-5-17(16)24-15-6-9-20(10-7-15)18(21)19-12-14-8-11-23-13-14/h2-5,8,11,13,15H,6-7,9-10,12H2,1H3,(H,19,21). The van der Waals surface area contributed by atoms with Gasteiger partial charge in [0.2, 0.25) is 0 Å². The van der Waals surface area contributed by atoms with Crippen molar-refractivity contribution in [3.05, 3.63) is 48.4 Å². The Hall–Kier alpha value is -2.63. The lowest BCUT2D eigenvalue weighted by molar-refractivity contribution is 0.108. The fraction of sp³-hybridized carbons (Fsp3) is 0.389. The van der Waals surface area contributed by atoms with E-state index >= 15 is 0 Å². The number of likely N-dealkylation sites (tertiary alicyclic amines) is 1. The Morgan fingerprint density at radius 3 is 2.67 bits per heavy atom. The van der Waals surface area contributed by atoms with Crippen molar-refractivity contribution in [1.29, 1.82) is 0 Å². The number of para-hydroxylation sites is 2. The van der Waals surface area contributed by atoms with Gasteiger partial charge in [-0.05, 0) is 18.2 Å². The first-order valence-corrected chi connectivity index (χ1v) is 8.10. The largest absolute Gasteiger partial charge is 0.493 e. The SMILES string of the molecule is COc1ccccc1OC1CCN(C(=O)NCc2ccoc2)CC1. The number of urea groups is 1. The molecule has 2 aromatic rings. The van der Waals surface area contributed by atoms with Crippen LogP contribution in [0.2, 0.25) is 0 Å². The predicted octanol–water partition coefficient (Wildman–Crippen LogP) is 3.04. The molecule has 1 aliphatic rings. The molecule has 6 nitrogen and oxygen atoms in total. The molecule has 1 saturated heterocycles. The summed E-state index contributed by atoms with van der Waals surface area (Å²) in [6.45, 7) is 1.83. The summed E-state index contributed by atoms with van der Waals surface area (Å²) in [6, 6.07) is 9.42. The van der Waals surface area contributed by atoms with Gasteiger partial charge in [0, 0.05) is 38.0 Å². The van der Waals surface area contributed by atoms with Crippen molar-refractivity contribution in [2.45, 2.75) is 25.5 Å². The van der Waals surface area contributed by atoms with Gasteiger partial charge in [-0.3, -0.25) is 0 Å². The summed E-state index contributed by atoms with van der Waals surface area (Å²) in [6.07, 6.45) is 4.93. The molecule has 1 aromatic carbocycles. The van der Waals surface area contributed by atoms with Crippen LogP contribution in [0.4, 0.5) is 4.79 Å². The minimum Gasteiger partial charge on any atom is -0.493 e. The second-order valence-corrected chi connectivity index (χ2v) is 5.75. The number of hydrogen-bond acceptors (Lipinski definition) is 4. The molecule has 24 heavy (non-hydrogen) atoms. The molecule has 0 radical (unpaired) electrons. The van der Waals surface area contributed by atoms with Crippen molar-refractivity contribution in [1.82, 2.24) is 10.2 Å². The zero-order valence-corrected chi connectivity index (χ0v) is 13.7. The molecule has 1 N–H and O–H groups in total. The van der Waals surface area contributed by atoms with Gasteiger partial charge in [0.25, 0.3) is 0 Å². The van der Waals surface area contributed by atoms with Crippen LogP contribution < -0.4 is 14.8 Å². The highest BCUT2D eigenvalue weighted by molar-refractivity contribution is 5.74. The number of hydrogen-bond donors (Lipinski definition) is 1. The lowest BCUT2D eigenvalue weighted by atomic mass is 10.1. The Morgan fingerprint density at radius 1 is 1.25 bits per heavy atom. The van der Waals surface area contributed by atoms with Crippen LogP contribution in [0.1, 0.15) is 18.4 Å². The zero-order chi connectivity index (χ0) is 16.8. The fourth-order valence-corrected chi connectivity index (χ4v) is 2.76. The molecular weight excluding hydrogens is 308 g/mol. The summed E-state index contributed by atoms with van der Waals surface area (Å²) in [4.78, 5) is 14.0. The average molecular weight is 330 g/mol. The molecular formula is C18H22N2O4. The number of methoxy groups -OCH3 is 1. The first-order chi connectivity index (χ1) is 11.8. The van der Waals surface area contributed by atoms with Crippen LogP contribution in [-0.2, 0) is 6.54 Å². The summed E-state index contributed by atoms with van der Waals surface area (Å²) in [5.74, 6) is 1.49. The van der Waals surface area contributed by atoms with Crippen LogP contribution in [-0.4, -0.2) is 37.2 Å². The number of ether oxygens (including phenoxy) is 2. The van der Waals surface area contributed by atoms with E-state index in [2.05, 4.69) is 5.32 Å². The number of nitrogens with zero attached hydrogens (tertiary/aromatic N) is 1. The van der Waals surface area contributed by atoms with E-state index in [1.165, 1.54) is 0 Å². The number of nitrogens with one attached hydrogen (secondary N) is 1. The van der Waals surface area contributed by atoms with Gasteiger partial charge in [0.15, 0.2) is 11.5 Å². The minimum atomic E-state index is -0.0491. The highest BCUT2D eigenvalue weighted by Gasteiger charge is 2.24. The van der Waals surface area contributed by atoms with Crippen molar-refractivity contribution in [3.63, 3.8) is 0 Å². The van der Waals surface area contributed by atoms with Gasteiger partial charge in [-0.15, -0.1) is 0 Å². The molecule has 128 valence electrons. The third-order valence-corrected chi connectivity index (χ3v) is 4.12. The van der Waals surface area contributed by atoms with Gasteiger partial charge >= 0.3 is 6.03 Å². The summed E-state index contributed by atoms with van der Waals surface area (Å²) in [5.41, 5.74) is 0.956. The number of amides is 2. The van der Waals surface area contributed by atoms with E-state index in [0.717, 1.165) is 29.9 Å². The van der Waals surface area contributed by atoms with E-state index in [1.54, 1.807) is 19.6 Å². The van der Waals surface area contributed by atoms with Gasteiger partial charge in [-0.1, -0.05) is 12.1 Å². The molecule has 6 heteroatoms. The third-order valence-electron chi connectivity index (χ3n) is 4.12. The Balaban J connectivity index is 1.46. The second kappa shape index (κ2) is 7.77. The fourth-order valence-electron chi connectivity index (χ4n) is 2.76.